The molecule has 0 radical (unpaired) electrons. The van der Waals surface area contributed by atoms with Crippen molar-refractivity contribution in [3.8, 4) is 0 Å². The maximum Gasteiger partial charge on any atom is 0.190 e. The Morgan fingerprint density at radius 1 is 1.28 bits per heavy atom. The van der Waals surface area contributed by atoms with Crippen molar-refractivity contribution in [3.63, 3.8) is 0 Å². The summed E-state index contributed by atoms with van der Waals surface area (Å²) in [6.07, 6.45) is 7.85. The average molecular weight is 268 g/mol. The number of hydrogen-bond acceptors (Lipinski definition) is 4. The van der Waals surface area contributed by atoms with E-state index in [1.807, 2.05) is 0 Å². The molecule has 0 amide bonds. The van der Waals surface area contributed by atoms with Crippen LogP contribution in [0.15, 0.2) is 5.16 Å². The highest BCUT2D eigenvalue weighted by atomic mass is 32.2. The van der Waals surface area contributed by atoms with Gasteiger partial charge in [0, 0.05) is 26.1 Å². The van der Waals surface area contributed by atoms with Crippen molar-refractivity contribution in [1.29, 1.82) is 0 Å². The summed E-state index contributed by atoms with van der Waals surface area (Å²) in [6.45, 7) is 3.16. The van der Waals surface area contributed by atoms with Crippen LogP contribution < -0.4 is 5.32 Å². The predicted molar refractivity (Wildman–Crippen MR) is 76.0 cm³/mol. The molecule has 0 aromatic carbocycles. The Balaban J connectivity index is 1.75. The van der Waals surface area contributed by atoms with Crippen molar-refractivity contribution >= 4 is 11.8 Å². The summed E-state index contributed by atoms with van der Waals surface area (Å²) in [5, 5.41) is 13.2. The Bertz CT molecular complexity index is 358. The predicted octanol–water partition coefficient (Wildman–Crippen LogP) is 2.39. The molecule has 0 bridgehead atoms. The maximum atomic E-state index is 4.27. The lowest BCUT2D eigenvalue weighted by molar-refractivity contribution is 0.374. The highest BCUT2D eigenvalue weighted by molar-refractivity contribution is 7.99. The van der Waals surface area contributed by atoms with Gasteiger partial charge in [-0.15, -0.1) is 10.2 Å². The van der Waals surface area contributed by atoms with Crippen molar-refractivity contribution in [3.05, 3.63) is 5.82 Å². The van der Waals surface area contributed by atoms with Crippen molar-refractivity contribution in [2.45, 2.75) is 56.6 Å². The Labute approximate surface area is 114 Å². The fourth-order valence-corrected chi connectivity index (χ4v) is 3.17. The van der Waals surface area contributed by atoms with E-state index in [0.29, 0.717) is 0 Å². The molecule has 0 aliphatic heterocycles. The van der Waals surface area contributed by atoms with Gasteiger partial charge < -0.3 is 9.88 Å². The molecule has 1 aliphatic rings. The summed E-state index contributed by atoms with van der Waals surface area (Å²) in [5.74, 6) is 2.14. The van der Waals surface area contributed by atoms with Gasteiger partial charge in [0.15, 0.2) is 5.16 Å². The Morgan fingerprint density at radius 3 is 2.78 bits per heavy atom. The molecule has 5 heteroatoms. The zero-order valence-corrected chi connectivity index (χ0v) is 12.3. The first kappa shape index (κ1) is 13.9. The van der Waals surface area contributed by atoms with Gasteiger partial charge in [-0.3, -0.25) is 0 Å². The third-order valence-electron chi connectivity index (χ3n) is 3.59. The zero-order chi connectivity index (χ0) is 12.8. The fraction of sp³-hybridized carbons (Fsp3) is 0.846. The molecule has 1 N–H and O–H groups in total. The van der Waals surface area contributed by atoms with Crippen LogP contribution in [0.1, 0.15) is 44.9 Å². The van der Waals surface area contributed by atoms with Gasteiger partial charge in [-0.2, -0.15) is 0 Å². The number of hydrogen-bond donors (Lipinski definition) is 1. The molecule has 0 spiro atoms. The Hall–Kier alpha value is -0.550. The van der Waals surface area contributed by atoms with Crippen LogP contribution in [0, 0.1) is 0 Å². The van der Waals surface area contributed by atoms with Crippen LogP contribution in [0.5, 0.6) is 0 Å². The number of aromatic nitrogens is 3. The van der Waals surface area contributed by atoms with E-state index in [1.54, 1.807) is 11.8 Å². The van der Waals surface area contributed by atoms with Crippen molar-refractivity contribution in [1.82, 2.24) is 20.1 Å². The highest BCUT2D eigenvalue weighted by Gasteiger charge is 2.13. The van der Waals surface area contributed by atoms with Crippen molar-refractivity contribution in [2.24, 2.45) is 7.05 Å². The SMILES string of the molecule is CCSc1nnc(CCNC2CCCCC2)n1C. The van der Waals surface area contributed by atoms with Crippen LogP contribution in [-0.2, 0) is 13.5 Å². The van der Waals surface area contributed by atoms with E-state index in [9.17, 15) is 0 Å². The van der Waals surface area contributed by atoms with E-state index in [2.05, 4.69) is 34.1 Å². The lowest BCUT2D eigenvalue weighted by atomic mass is 9.95. The zero-order valence-electron chi connectivity index (χ0n) is 11.5. The summed E-state index contributed by atoms with van der Waals surface area (Å²) < 4.78 is 2.12. The summed E-state index contributed by atoms with van der Waals surface area (Å²) >= 11 is 1.75. The molecule has 2 rings (SSSR count). The summed E-state index contributed by atoms with van der Waals surface area (Å²) in [4.78, 5) is 0. The van der Waals surface area contributed by atoms with Gasteiger partial charge in [0.1, 0.15) is 5.82 Å². The molecular weight excluding hydrogens is 244 g/mol. The second-order valence-electron chi connectivity index (χ2n) is 4.93. The van der Waals surface area contributed by atoms with Gasteiger partial charge in [0.2, 0.25) is 0 Å². The molecular formula is C13H24N4S. The first-order chi connectivity index (χ1) is 8.81. The van der Waals surface area contributed by atoms with Gasteiger partial charge in [-0.05, 0) is 18.6 Å². The molecule has 1 aromatic rings. The number of nitrogens with zero attached hydrogens (tertiary/aromatic N) is 3. The lowest BCUT2D eigenvalue weighted by Gasteiger charge is -2.22. The number of thioether (sulfide) groups is 1. The second kappa shape index (κ2) is 7.14. The minimum Gasteiger partial charge on any atom is -0.314 e. The van der Waals surface area contributed by atoms with Gasteiger partial charge >= 0.3 is 0 Å². The largest absolute Gasteiger partial charge is 0.314 e. The summed E-state index contributed by atoms with van der Waals surface area (Å²) in [7, 11) is 2.06. The van der Waals surface area contributed by atoms with Gasteiger partial charge in [0.05, 0.1) is 0 Å². The molecule has 4 nitrogen and oxygen atoms in total. The first-order valence-electron chi connectivity index (χ1n) is 7.05. The van der Waals surface area contributed by atoms with E-state index >= 15 is 0 Å². The van der Waals surface area contributed by atoms with Crippen molar-refractivity contribution < 1.29 is 0 Å². The van der Waals surface area contributed by atoms with E-state index in [4.69, 9.17) is 0 Å². The molecule has 102 valence electrons. The minimum absolute atomic E-state index is 0.733. The van der Waals surface area contributed by atoms with Crippen LogP contribution in [0.2, 0.25) is 0 Å². The Morgan fingerprint density at radius 2 is 2.06 bits per heavy atom. The van der Waals surface area contributed by atoms with Crippen LogP contribution in [0.25, 0.3) is 0 Å². The van der Waals surface area contributed by atoms with Crippen LogP contribution in [-0.4, -0.2) is 33.1 Å². The smallest absolute Gasteiger partial charge is 0.190 e. The van der Waals surface area contributed by atoms with E-state index < -0.39 is 0 Å². The fourth-order valence-electron chi connectivity index (χ4n) is 2.51. The monoisotopic (exact) mass is 268 g/mol. The maximum absolute atomic E-state index is 4.27. The molecule has 1 fully saturated rings. The quantitative estimate of drug-likeness (QED) is 0.805. The topological polar surface area (TPSA) is 42.7 Å². The van der Waals surface area contributed by atoms with Crippen molar-refractivity contribution in [2.75, 3.05) is 12.3 Å². The van der Waals surface area contributed by atoms with E-state index in [0.717, 1.165) is 35.7 Å². The standard InChI is InChI=1S/C13H24N4S/c1-3-18-13-16-15-12(17(13)2)9-10-14-11-7-5-4-6-8-11/h11,14H,3-10H2,1-2H3. The van der Waals surface area contributed by atoms with Gasteiger partial charge in [-0.1, -0.05) is 37.9 Å². The Kier molecular flexibility index (Phi) is 5.50. The molecule has 0 saturated heterocycles. The lowest BCUT2D eigenvalue weighted by Crippen LogP contribution is -2.32. The first-order valence-corrected chi connectivity index (χ1v) is 8.04. The minimum atomic E-state index is 0.733. The summed E-state index contributed by atoms with van der Waals surface area (Å²) in [6, 6.07) is 0.733. The van der Waals surface area contributed by atoms with Crippen LogP contribution in [0.4, 0.5) is 0 Å². The number of nitrogens with one attached hydrogen (secondary N) is 1. The number of rotatable bonds is 6. The third kappa shape index (κ3) is 3.72. The van der Waals surface area contributed by atoms with E-state index in [1.165, 1.54) is 32.1 Å². The second-order valence-corrected chi connectivity index (χ2v) is 6.16. The molecule has 18 heavy (non-hydrogen) atoms. The molecule has 0 unspecified atom stereocenters. The van der Waals surface area contributed by atoms with Gasteiger partial charge in [0.25, 0.3) is 0 Å². The van der Waals surface area contributed by atoms with Crippen LogP contribution >= 0.6 is 11.8 Å². The molecule has 1 aromatic heterocycles. The molecule has 1 saturated carbocycles. The molecule has 1 aliphatic carbocycles. The van der Waals surface area contributed by atoms with E-state index in [-0.39, 0.29) is 0 Å². The van der Waals surface area contributed by atoms with Crippen LogP contribution in [0.3, 0.4) is 0 Å². The van der Waals surface area contributed by atoms with Gasteiger partial charge in [-0.25, -0.2) is 0 Å². The molecule has 1 heterocycles. The third-order valence-corrected chi connectivity index (χ3v) is 4.49. The highest BCUT2D eigenvalue weighted by Crippen LogP contribution is 2.17. The normalized spacial score (nSPS) is 17.2. The molecule has 0 atom stereocenters. The average Bonchev–Trinajstić information content (AvgIpc) is 2.73. The summed E-state index contributed by atoms with van der Waals surface area (Å²) in [5.41, 5.74) is 0.